The van der Waals surface area contributed by atoms with E-state index in [0.29, 0.717) is 0 Å². The first-order valence-corrected chi connectivity index (χ1v) is 5.06. The lowest BCUT2D eigenvalue weighted by Crippen LogP contribution is -2.03. The van der Waals surface area contributed by atoms with Crippen LogP contribution in [0.3, 0.4) is 0 Å². The maximum Gasteiger partial charge on any atom is 0.0914 e. The van der Waals surface area contributed by atoms with Gasteiger partial charge in [-0.1, -0.05) is 29.3 Å². The zero-order valence-corrected chi connectivity index (χ0v) is 9.13. The predicted octanol–water partition coefficient (Wildman–Crippen LogP) is 3.06. The average Bonchev–Trinajstić information content (AvgIpc) is 1.96. The summed E-state index contributed by atoms with van der Waals surface area (Å²) < 4.78 is 0. The molecule has 0 saturated carbocycles. The molecule has 0 fully saturated rings. The lowest BCUT2D eigenvalue weighted by atomic mass is 10.1. The zero-order valence-electron chi connectivity index (χ0n) is 7.48. The molecule has 0 heterocycles. The standard InChI is InChI=1S/C10H11ClP/c1-7-4-8(2)10(12-6-11)9(3)5-7/h4-5H,1-3H3. The summed E-state index contributed by atoms with van der Waals surface area (Å²) in [5.74, 6) is 0. The average molecular weight is 198 g/mol. The molecule has 0 nitrogen and oxygen atoms in total. The minimum absolute atomic E-state index is 0.975. The molecule has 12 heavy (non-hydrogen) atoms. The van der Waals surface area contributed by atoms with Crippen LogP contribution in [0.1, 0.15) is 16.7 Å². The van der Waals surface area contributed by atoms with Crippen molar-refractivity contribution in [1.29, 1.82) is 0 Å². The van der Waals surface area contributed by atoms with Gasteiger partial charge in [0.15, 0.2) is 0 Å². The lowest BCUT2D eigenvalue weighted by Gasteiger charge is -2.05. The number of aryl methyl sites for hydroxylation is 3. The molecule has 0 bridgehead atoms. The summed E-state index contributed by atoms with van der Waals surface area (Å²) in [6, 6.07) is 4.34. The van der Waals surface area contributed by atoms with Crippen LogP contribution in [0.5, 0.6) is 0 Å². The van der Waals surface area contributed by atoms with Crippen LogP contribution in [0.15, 0.2) is 12.1 Å². The van der Waals surface area contributed by atoms with Crippen molar-refractivity contribution in [1.82, 2.24) is 0 Å². The Morgan fingerprint density at radius 2 is 1.67 bits per heavy atom. The SMILES string of the molecule is Cc1cc(C)c(P=[C]Cl)c(C)c1. The van der Waals surface area contributed by atoms with E-state index in [1.54, 1.807) is 0 Å². The van der Waals surface area contributed by atoms with E-state index in [4.69, 9.17) is 11.6 Å². The molecule has 1 aromatic rings. The van der Waals surface area contributed by atoms with E-state index < -0.39 is 0 Å². The Kier molecular flexibility index (Phi) is 3.31. The predicted molar refractivity (Wildman–Crippen MR) is 58.1 cm³/mol. The van der Waals surface area contributed by atoms with Gasteiger partial charge < -0.3 is 0 Å². The molecule has 0 atom stereocenters. The highest BCUT2D eigenvalue weighted by atomic mass is 35.5. The molecular weight excluding hydrogens is 187 g/mol. The maximum atomic E-state index is 5.46. The second kappa shape index (κ2) is 4.07. The Balaban J connectivity index is 3.28. The maximum absolute atomic E-state index is 5.46. The highest BCUT2D eigenvalue weighted by Gasteiger charge is 1.99. The van der Waals surface area contributed by atoms with Crippen molar-refractivity contribution in [3.05, 3.63) is 28.8 Å². The van der Waals surface area contributed by atoms with Crippen LogP contribution in [-0.4, -0.2) is 5.26 Å². The van der Waals surface area contributed by atoms with Crippen molar-refractivity contribution in [2.45, 2.75) is 20.8 Å². The van der Waals surface area contributed by atoms with Crippen molar-refractivity contribution in [3.63, 3.8) is 0 Å². The monoisotopic (exact) mass is 197 g/mol. The summed E-state index contributed by atoms with van der Waals surface area (Å²) in [7, 11) is 0.975. The largest absolute Gasteiger partial charge is 0.0914 e. The van der Waals surface area contributed by atoms with E-state index in [1.807, 2.05) is 0 Å². The summed E-state index contributed by atoms with van der Waals surface area (Å²) in [5, 5.41) is 3.90. The van der Waals surface area contributed by atoms with Crippen molar-refractivity contribution >= 4 is 30.4 Å². The smallest absolute Gasteiger partial charge is 0.0769 e. The van der Waals surface area contributed by atoms with Gasteiger partial charge in [0, 0.05) is 5.30 Å². The van der Waals surface area contributed by atoms with Crippen molar-refractivity contribution < 1.29 is 0 Å². The Bertz CT molecular complexity index is 293. The molecule has 0 saturated heterocycles. The van der Waals surface area contributed by atoms with E-state index in [-0.39, 0.29) is 0 Å². The van der Waals surface area contributed by atoms with Gasteiger partial charge in [-0.25, -0.2) is 0 Å². The van der Waals surface area contributed by atoms with Gasteiger partial charge in [0.1, 0.15) is 0 Å². The molecule has 1 rings (SSSR count). The topological polar surface area (TPSA) is 0 Å². The van der Waals surface area contributed by atoms with Crippen molar-refractivity contribution in [3.8, 4) is 0 Å². The highest BCUT2D eigenvalue weighted by Crippen LogP contribution is 2.11. The van der Waals surface area contributed by atoms with Gasteiger partial charge >= 0.3 is 0 Å². The summed E-state index contributed by atoms with van der Waals surface area (Å²) in [6.45, 7) is 6.32. The van der Waals surface area contributed by atoms with Gasteiger partial charge in [0.25, 0.3) is 0 Å². The third-order valence-corrected chi connectivity index (χ3v) is 3.06. The van der Waals surface area contributed by atoms with Gasteiger partial charge in [0.05, 0.1) is 5.26 Å². The molecule has 0 aromatic heterocycles. The van der Waals surface area contributed by atoms with Gasteiger partial charge in [0.2, 0.25) is 0 Å². The number of hydrogen-bond acceptors (Lipinski definition) is 0. The molecule has 0 unspecified atom stereocenters. The van der Waals surface area contributed by atoms with Crippen LogP contribution in [0, 0.1) is 20.8 Å². The highest BCUT2D eigenvalue weighted by molar-refractivity contribution is 7.51. The Hall–Kier alpha value is -0.320. The fraction of sp³-hybridized carbons (Fsp3) is 0.300. The van der Waals surface area contributed by atoms with E-state index >= 15 is 0 Å². The minimum atomic E-state index is 0.975. The van der Waals surface area contributed by atoms with Gasteiger partial charge in [-0.05, 0) is 40.1 Å². The van der Waals surface area contributed by atoms with Crippen LogP contribution >= 0.6 is 19.8 Å². The first-order chi connectivity index (χ1) is 5.65. The molecule has 1 aromatic carbocycles. The molecule has 0 amide bonds. The fourth-order valence-electron chi connectivity index (χ4n) is 1.39. The first kappa shape index (κ1) is 9.77. The summed E-state index contributed by atoms with van der Waals surface area (Å²) in [4.78, 5) is 0. The number of benzene rings is 1. The van der Waals surface area contributed by atoms with Crippen molar-refractivity contribution in [2.75, 3.05) is 0 Å². The Morgan fingerprint density at radius 3 is 2.08 bits per heavy atom. The van der Waals surface area contributed by atoms with E-state index in [1.165, 1.54) is 22.0 Å². The summed E-state index contributed by atoms with van der Waals surface area (Å²) >= 11 is 5.46. The van der Waals surface area contributed by atoms with E-state index in [9.17, 15) is 0 Å². The molecular formula is C10H11ClP. The molecule has 0 aliphatic carbocycles. The molecule has 0 aliphatic rings. The minimum Gasteiger partial charge on any atom is -0.0769 e. The quantitative estimate of drug-likeness (QED) is 0.607. The molecule has 0 aliphatic heterocycles. The van der Waals surface area contributed by atoms with E-state index in [2.05, 4.69) is 38.2 Å². The normalized spacial score (nSPS) is 11.0. The zero-order chi connectivity index (χ0) is 9.14. The molecule has 2 heteroatoms. The van der Waals surface area contributed by atoms with Gasteiger partial charge in [-0.2, -0.15) is 0 Å². The van der Waals surface area contributed by atoms with Crippen LogP contribution in [0.2, 0.25) is 0 Å². The molecule has 0 spiro atoms. The van der Waals surface area contributed by atoms with Crippen LogP contribution in [0.25, 0.3) is 0 Å². The Morgan fingerprint density at radius 1 is 1.17 bits per heavy atom. The second-order valence-electron chi connectivity index (χ2n) is 2.94. The third-order valence-electron chi connectivity index (χ3n) is 1.79. The lowest BCUT2D eigenvalue weighted by molar-refractivity contribution is 1.36. The van der Waals surface area contributed by atoms with Gasteiger partial charge in [-0.3, -0.25) is 0 Å². The molecule has 0 N–H and O–H groups in total. The Labute approximate surface area is 80.4 Å². The number of hydrogen-bond donors (Lipinski definition) is 0. The molecule has 63 valence electrons. The van der Waals surface area contributed by atoms with Gasteiger partial charge in [-0.15, -0.1) is 0 Å². The van der Waals surface area contributed by atoms with Crippen LogP contribution < -0.4 is 5.30 Å². The van der Waals surface area contributed by atoms with Crippen LogP contribution in [-0.2, 0) is 0 Å². The summed E-state index contributed by atoms with van der Waals surface area (Å²) in [6.07, 6.45) is 0. The molecule has 1 radical (unpaired) electrons. The number of halogens is 1. The van der Waals surface area contributed by atoms with E-state index in [0.717, 1.165) is 8.20 Å². The van der Waals surface area contributed by atoms with Crippen LogP contribution in [0.4, 0.5) is 0 Å². The first-order valence-electron chi connectivity index (χ1n) is 3.79. The van der Waals surface area contributed by atoms with Crippen molar-refractivity contribution in [2.24, 2.45) is 0 Å². The second-order valence-corrected chi connectivity index (χ2v) is 4.29. The number of rotatable bonds is 1. The fourth-order valence-corrected chi connectivity index (χ4v) is 2.21. The summed E-state index contributed by atoms with van der Waals surface area (Å²) in [5.41, 5.74) is 3.89. The third kappa shape index (κ3) is 2.09.